The molecule has 0 aromatic heterocycles. The van der Waals surface area contributed by atoms with Gasteiger partial charge < -0.3 is 75.0 Å². The van der Waals surface area contributed by atoms with Gasteiger partial charge in [0.15, 0.2) is 6.04 Å². The Labute approximate surface area is 615 Å². The van der Waals surface area contributed by atoms with Crippen molar-refractivity contribution in [2.24, 2.45) is 17.8 Å². The minimum Gasteiger partial charge on any atom is -0.391 e. The van der Waals surface area contributed by atoms with Crippen LogP contribution >= 0.6 is 0 Å². The first-order valence-corrected chi connectivity index (χ1v) is 36.0. The van der Waals surface area contributed by atoms with Crippen molar-refractivity contribution in [2.75, 3.05) is 94.8 Å². The number of nitrogens with one attached hydrogen (secondary N) is 4. The highest BCUT2D eigenvalue weighted by molar-refractivity contribution is 6.08. The predicted molar refractivity (Wildman–Crippen MR) is 383 cm³/mol. The monoisotopic (exact) mass is 1490 g/mol. The smallest absolute Gasteiger partial charge is 0.330 e. The highest BCUT2D eigenvalue weighted by Crippen LogP contribution is 2.25. The van der Waals surface area contributed by atoms with Crippen molar-refractivity contribution in [3.63, 3.8) is 0 Å². The lowest BCUT2D eigenvalue weighted by Crippen LogP contribution is -2.63. The maximum absolute atomic E-state index is 15.4. The summed E-state index contributed by atoms with van der Waals surface area (Å²) in [5.41, 5.74) is 0.0881. The van der Waals surface area contributed by atoms with E-state index in [4.69, 9.17) is 9.47 Å². The molecule has 4 rings (SSSR count). The van der Waals surface area contributed by atoms with E-state index in [9.17, 15) is 41.8 Å². The van der Waals surface area contributed by atoms with Gasteiger partial charge in [0.1, 0.15) is 54.9 Å². The molecule has 31 heteroatoms. The summed E-state index contributed by atoms with van der Waals surface area (Å²) >= 11 is 0. The number of ether oxygens (including phenoxy) is 2. The molecule has 0 radical (unpaired) electrons. The summed E-state index contributed by atoms with van der Waals surface area (Å²) in [6.45, 7) is 13.4. The van der Waals surface area contributed by atoms with Crippen LogP contribution in [0.25, 0.3) is 0 Å². The van der Waals surface area contributed by atoms with E-state index < -0.39 is 188 Å². The van der Waals surface area contributed by atoms with Crippen molar-refractivity contribution < 1.29 is 89.7 Å². The number of aliphatic hydroxyl groups excluding tert-OH is 1. The number of hydrogen-bond acceptors (Lipinski definition) is 15. The van der Waals surface area contributed by atoms with Gasteiger partial charge in [0.2, 0.25) is 59.1 Å². The number of likely N-dealkylation sites (N-methyl/N-ethyl adjacent to an activating group) is 6. The fourth-order valence-electron chi connectivity index (χ4n) is 12.3. The summed E-state index contributed by atoms with van der Waals surface area (Å²) < 4.78 is 67.6. The summed E-state index contributed by atoms with van der Waals surface area (Å²) in [7, 11) is 7.48. The lowest BCUT2D eigenvalue weighted by molar-refractivity contribution is -0.169. The maximum Gasteiger partial charge on any atom is 0.330 e. The molecule has 2 aliphatic rings. The molecule has 588 valence electrons. The second-order valence-electron chi connectivity index (χ2n) is 29.8. The number of rotatable bonds is 21. The number of carbonyl (C=O) groups excluding carboxylic acids is 12. The molecule has 12 amide bonds. The SMILES string of the molecule is CCCN1CC(=O)N(C)[C@@H](Cc2ccccc2)C(=O)N[C@@H](COCC(F)(F)C(F)F)C(=O)N(C)[C@@H](CC(C)C)C(=O)N[C@@H]([C@@H](C)O)C(=O)N(C)CC(=O)N(C)[C@@H](Cc2ccccc2)C(=O)N(C)[C@@H](CC(C)C)C(=O)N[C@@H](COC(C)(C)C)C(=O)N(C)[C@@H](CC(C)C)C(=O)N[C@H](C(=O)N2CCCCC2)C1=O. The zero-order valence-electron chi connectivity index (χ0n) is 64.1. The number of likely N-dealkylation sites (tertiary alicyclic amines) is 1. The zero-order chi connectivity index (χ0) is 79.1. The fourth-order valence-corrected chi connectivity index (χ4v) is 12.3. The molecule has 2 fully saturated rings. The van der Waals surface area contributed by atoms with Gasteiger partial charge in [-0.15, -0.1) is 0 Å². The quantitative estimate of drug-likeness (QED) is 0.0882. The van der Waals surface area contributed by atoms with Gasteiger partial charge in [-0.05, 0) is 102 Å². The highest BCUT2D eigenvalue weighted by atomic mass is 19.3. The maximum atomic E-state index is 15.4. The van der Waals surface area contributed by atoms with Crippen LogP contribution in [0.3, 0.4) is 0 Å². The lowest BCUT2D eigenvalue weighted by Gasteiger charge is -2.37. The fraction of sp³-hybridized carbons (Fsp3) is 0.676. The van der Waals surface area contributed by atoms with E-state index in [1.807, 2.05) is 0 Å². The van der Waals surface area contributed by atoms with Crippen LogP contribution in [0.4, 0.5) is 17.6 Å². The second-order valence-corrected chi connectivity index (χ2v) is 29.8. The Kier molecular flexibility index (Phi) is 34.8. The molecule has 2 aromatic rings. The normalized spacial score (nSPS) is 23.9. The number of benzene rings is 2. The van der Waals surface area contributed by atoms with Crippen LogP contribution in [0.1, 0.15) is 132 Å². The van der Waals surface area contributed by atoms with Gasteiger partial charge >= 0.3 is 12.3 Å². The number of amides is 12. The van der Waals surface area contributed by atoms with E-state index in [0.717, 1.165) is 54.7 Å². The Morgan fingerprint density at radius 3 is 1.40 bits per heavy atom. The third kappa shape index (κ3) is 26.6. The molecule has 0 spiro atoms. The standard InChI is InChI=1S/C74H114F4N12O15/c1-18-32-90-41-59(93)84(13)56(38-49-28-22-19-23-29-49)63(95)79-51(42-104-44-74(77,78)72(75)76)66(98)86(15)54(36-46(4)5)64(96)81-60(48(8)91)69(101)83(12)40-58(92)85(14)57(39-50-30-24-20-25-31-50)68(100)88(17)53(35-45(2)3)62(94)80-52(43-105-73(9,10)11)67(99)87(16)55(37-47(6)7)65(97)82-61(71(90)103)70(102)89-33-26-21-27-34-89/h19-20,22-25,28-31,45-48,51-57,60-61,72,91H,18,21,26-27,32-44H2,1-17H3,(H,79,95)(H,80,94)(H,81,96)(H,82,97)/t48-,51+,52+,53+,54+,55+,56+,57+,60+,61-/m1/s1. The largest absolute Gasteiger partial charge is 0.391 e. The molecule has 2 aliphatic heterocycles. The van der Waals surface area contributed by atoms with Crippen molar-refractivity contribution in [3.05, 3.63) is 71.8 Å². The van der Waals surface area contributed by atoms with Gasteiger partial charge in [-0.1, -0.05) is 109 Å². The van der Waals surface area contributed by atoms with Crippen molar-refractivity contribution in [1.82, 2.24) is 60.5 Å². The Morgan fingerprint density at radius 1 is 0.533 bits per heavy atom. The van der Waals surface area contributed by atoms with E-state index in [1.54, 1.807) is 130 Å². The minimum atomic E-state index is -4.76. The van der Waals surface area contributed by atoms with Crippen molar-refractivity contribution in [1.29, 1.82) is 0 Å². The molecular formula is C74H114F4N12O15. The van der Waals surface area contributed by atoms with Gasteiger partial charge in [-0.25, -0.2) is 8.78 Å². The molecule has 0 aliphatic carbocycles. The van der Waals surface area contributed by atoms with Crippen LogP contribution in [0.2, 0.25) is 0 Å². The number of piperidine rings is 1. The Balaban J connectivity index is 2.05. The topological polar surface area (TPSA) is 318 Å². The van der Waals surface area contributed by atoms with Crippen molar-refractivity contribution in [2.45, 2.75) is 212 Å². The highest BCUT2D eigenvalue weighted by Gasteiger charge is 2.46. The van der Waals surface area contributed by atoms with Gasteiger partial charge in [-0.2, -0.15) is 8.78 Å². The van der Waals surface area contributed by atoms with Crippen LogP contribution in [0, 0.1) is 17.8 Å². The average molecular weight is 1490 g/mol. The van der Waals surface area contributed by atoms with Crippen LogP contribution in [-0.2, 0) is 79.8 Å². The van der Waals surface area contributed by atoms with Gasteiger partial charge in [-0.3, -0.25) is 57.5 Å². The first-order chi connectivity index (χ1) is 49.0. The Bertz CT molecular complexity index is 3250. The number of alkyl halides is 4. The molecular weight excluding hydrogens is 1370 g/mol. The van der Waals surface area contributed by atoms with Crippen LogP contribution in [-0.4, -0.2) is 288 Å². The molecule has 0 saturated carbocycles. The number of nitrogens with zero attached hydrogens (tertiary/aromatic N) is 8. The second kappa shape index (κ2) is 41.0. The molecule has 2 aromatic carbocycles. The molecule has 27 nitrogen and oxygen atoms in total. The number of hydrogen-bond donors (Lipinski definition) is 5. The van der Waals surface area contributed by atoms with Crippen LogP contribution in [0.5, 0.6) is 0 Å². The number of carbonyl (C=O) groups is 12. The Morgan fingerprint density at radius 2 is 0.952 bits per heavy atom. The molecule has 105 heavy (non-hydrogen) atoms. The molecule has 10 atom stereocenters. The third-order valence-corrected chi connectivity index (χ3v) is 18.5. The van der Waals surface area contributed by atoms with Gasteiger partial charge in [0.25, 0.3) is 11.8 Å². The number of halogens is 4. The summed E-state index contributed by atoms with van der Waals surface area (Å²) in [6.07, 6.45) is -4.65. The van der Waals surface area contributed by atoms with Crippen LogP contribution in [0.15, 0.2) is 60.7 Å². The first kappa shape index (κ1) is 89.1. The van der Waals surface area contributed by atoms with E-state index in [-0.39, 0.29) is 70.0 Å². The number of aliphatic hydroxyl groups is 1. The predicted octanol–water partition coefficient (Wildman–Crippen LogP) is 3.52. The molecule has 0 bridgehead atoms. The van der Waals surface area contributed by atoms with E-state index in [2.05, 4.69) is 21.3 Å². The molecule has 2 saturated heterocycles. The van der Waals surface area contributed by atoms with Crippen LogP contribution < -0.4 is 21.3 Å². The summed E-state index contributed by atoms with van der Waals surface area (Å²) in [4.78, 5) is 189. The average Bonchev–Trinajstić information content (AvgIpc) is 0.529. The molecule has 2 heterocycles. The minimum absolute atomic E-state index is 0.00542. The zero-order valence-corrected chi connectivity index (χ0v) is 64.1. The molecule has 0 unspecified atom stereocenters. The van der Waals surface area contributed by atoms with Crippen molar-refractivity contribution in [3.8, 4) is 0 Å². The summed E-state index contributed by atoms with van der Waals surface area (Å²) in [6, 6.07) is 1.67. The molecule has 5 N–H and O–H groups in total. The summed E-state index contributed by atoms with van der Waals surface area (Å²) in [5.74, 6) is -17.4. The van der Waals surface area contributed by atoms with Crippen molar-refractivity contribution >= 4 is 70.9 Å². The van der Waals surface area contributed by atoms with E-state index >= 15 is 38.4 Å². The van der Waals surface area contributed by atoms with E-state index in [1.165, 1.54) is 40.1 Å². The lowest BCUT2D eigenvalue weighted by atomic mass is 9.98. The Hall–Kier alpha value is -8.32. The van der Waals surface area contributed by atoms with E-state index in [0.29, 0.717) is 24.0 Å². The van der Waals surface area contributed by atoms with Gasteiger partial charge in [0.05, 0.1) is 38.0 Å². The third-order valence-electron chi connectivity index (χ3n) is 18.5. The summed E-state index contributed by atoms with van der Waals surface area (Å²) in [5, 5.41) is 21.6. The first-order valence-electron chi connectivity index (χ1n) is 36.0. The van der Waals surface area contributed by atoms with Gasteiger partial charge in [0, 0.05) is 74.8 Å².